The predicted molar refractivity (Wildman–Crippen MR) is 88.7 cm³/mol. The van der Waals surface area contributed by atoms with Gasteiger partial charge in [0.15, 0.2) is 5.69 Å². The van der Waals surface area contributed by atoms with Crippen LogP contribution in [0.15, 0.2) is 38.5 Å². The maximum atomic E-state index is 12.5. The van der Waals surface area contributed by atoms with E-state index in [2.05, 4.69) is 5.16 Å². The van der Waals surface area contributed by atoms with Gasteiger partial charge in [-0.15, -0.1) is 0 Å². The average molecular weight is 364 g/mol. The molecule has 3 rings (SSSR count). The summed E-state index contributed by atoms with van der Waals surface area (Å²) in [5.74, 6) is -0.409. The number of carbonyl (C=O) groups excluding carboxylic acids is 1. The fourth-order valence-electron chi connectivity index (χ4n) is 2.47. The molecule has 0 aliphatic heterocycles. The highest BCUT2D eigenvalue weighted by atomic mass is 32.2. The number of benzene rings is 1. The summed E-state index contributed by atoms with van der Waals surface area (Å²) in [7, 11) is -0.986. The number of aromatic nitrogens is 3. The first kappa shape index (κ1) is 17.0. The molecule has 3 aromatic rings. The molecule has 132 valence electrons. The van der Waals surface area contributed by atoms with Crippen LogP contribution in [0.5, 0.6) is 0 Å². The minimum absolute atomic E-state index is 0.117. The van der Waals surface area contributed by atoms with Crippen molar-refractivity contribution in [1.82, 2.24) is 19.0 Å². The van der Waals surface area contributed by atoms with Gasteiger partial charge in [-0.05, 0) is 18.2 Å². The predicted octanol–water partition coefficient (Wildman–Crippen LogP) is 0.546. The number of carbonyl (C=O) groups is 1. The van der Waals surface area contributed by atoms with Crippen molar-refractivity contribution in [3.63, 3.8) is 0 Å². The highest BCUT2D eigenvalue weighted by Crippen LogP contribution is 2.18. The van der Waals surface area contributed by atoms with Crippen molar-refractivity contribution in [2.75, 3.05) is 0 Å². The summed E-state index contributed by atoms with van der Waals surface area (Å²) in [4.78, 5) is 23.9. The molecule has 1 N–H and O–H groups in total. The molecule has 1 amide bonds. The maximum absolute atomic E-state index is 12.5. The molecule has 0 spiro atoms. The minimum Gasteiger partial charge on any atom is -0.361 e. The SMILES string of the molecule is CCc1cc(C(=O)NS(=O)(=O)c2ccc3c(c2)n(C)c(=O)n3C)no1. The smallest absolute Gasteiger partial charge is 0.328 e. The minimum atomic E-state index is -4.12. The van der Waals surface area contributed by atoms with Crippen LogP contribution in [0.4, 0.5) is 0 Å². The Labute approximate surface area is 142 Å². The van der Waals surface area contributed by atoms with Crippen LogP contribution < -0.4 is 10.4 Å². The van der Waals surface area contributed by atoms with E-state index in [1.54, 1.807) is 14.1 Å². The van der Waals surface area contributed by atoms with Gasteiger partial charge < -0.3 is 4.52 Å². The van der Waals surface area contributed by atoms with Crippen molar-refractivity contribution in [3.05, 3.63) is 46.2 Å². The summed E-state index contributed by atoms with van der Waals surface area (Å²) >= 11 is 0. The van der Waals surface area contributed by atoms with Crippen molar-refractivity contribution in [3.8, 4) is 0 Å². The molecule has 0 saturated carbocycles. The molecular formula is C15H16N4O5S. The van der Waals surface area contributed by atoms with E-state index < -0.39 is 15.9 Å². The fourth-order valence-corrected chi connectivity index (χ4v) is 3.45. The van der Waals surface area contributed by atoms with Crippen molar-refractivity contribution in [2.45, 2.75) is 18.2 Å². The van der Waals surface area contributed by atoms with Crippen LogP contribution in [-0.2, 0) is 30.5 Å². The van der Waals surface area contributed by atoms with Gasteiger partial charge >= 0.3 is 5.69 Å². The molecule has 1 aromatic carbocycles. The molecule has 25 heavy (non-hydrogen) atoms. The molecule has 10 heteroatoms. The summed E-state index contributed by atoms with van der Waals surface area (Å²) < 4.78 is 34.5. The summed E-state index contributed by atoms with van der Waals surface area (Å²) in [6.45, 7) is 1.82. The normalized spacial score (nSPS) is 11.8. The van der Waals surface area contributed by atoms with Crippen LogP contribution in [0.2, 0.25) is 0 Å². The third-order valence-corrected chi connectivity index (χ3v) is 5.25. The first-order valence-corrected chi connectivity index (χ1v) is 8.91. The Bertz CT molecular complexity index is 1140. The molecule has 0 atom stereocenters. The van der Waals surface area contributed by atoms with E-state index in [9.17, 15) is 18.0 Å². The maximum Gasteiger partial charge on any atom is 0.328 e. The Morgan fingerprint density at radius 2 is 1.88 bits per heavy atom. The Morgan fingerprint density at radius 3 is 2.52 bits per heavy atom. The zero-order valence-corrected chi connectivity index (χ0v) is 14.6. The number of imidazole rings is 1. The Kier molecular flexibility index (Phi) is 3.99. The second kappa shape index (κ2) is 5.88. The van der Waals surface area contributed by atoms with Crippen LogP contribution in [0.25, 0.3) is 11.0 Å². The zero-order valence-electron chi connectivity index (χ0n) is 13.8. The highest BCUT2D eigenvalue weighted by molar-refractivity contribution is 7.90. The van der Waals surface area contributed by atoms with Crippen molar-refractivity contribution >= 4 is 27.0 Å². The number of rotatable bonds is 4. The van der Waals surface area contributed by atoms with Gasteiger partial charge in [-0.25, -0.2) is 17.9 Å². The molecule has 0 saturated heterocycles. The second-order valence-electron chi connectivity index (χ2n) is 5.52. The summed E-state index contributed by atoms with van der Waals surface area (Å²) in [5.41, 5.74) is 0.635. The van der Waals surface area contributed by atoms with Gasteiger partial charge in [-0.2, -0.15) is 0 Å². The third kappa shape index (κ3) is 2.84. The molecular weight excluding hydrogens is 348 g/mol. The molecule has 0 radical (unpaired) electrons. The molecule has 0 aliphatic rings. The Balaban J connectivity index is 1.97. The largest absolute Gasteiger partial charge is 0.361 e. The van der Waals surface area contributed by atoms with Crippen molar-refractivity contribution in [1.29, 1.82) is 0 Å². The lowest BCUT2D eigenvalue weighted by Gasteiger charge is -2.06. The van der Waals surface area contributed by atoms with Gasteiger partial charge in [0.25, 0.3) is 15.9 Å². The number of nitrogens with one attached hydrogen (secondary N) is 1. The number of hydrogen-bond donors (Lipinski definition) is 1. The first-order chi connectivity index (χ1) is 11.7. The van der Waals surface area contributed by atoms with Gasteiger partial charge in [0.1, 0.15) is 5.76 Å². The number of nitrogens with zero attached hydrogens (tertiary/aromatic N) is 3. The van der Waals surface area contributed by atoms with Crippen LogP contribution in [0, 0.1) is 0 Å². The fraction of sp³-hybridized carbons (Fsp3) is 0.267. The van der Waals surface area contributed by atoms with E-state index in [1.807, 2.05) is 11.6 Å². The number of hydrogen-bond acceptors (Lipinski definition) is 6. The van der Waals surface area contributed by atoms with Crippen LogP contribution in [0.1, 0.15) is 23.2 Å². The van der Waals surface area contributed by atoms with E-state index in [-0.39, 0.29) is 16.3 Å². The lowest BCUT2D eigenvalue weighted by Crippen LogP contribution is -2.30. The highest BCUT2D eigenvalue weighted by Gasteiger charge is 2.22. The molecule has 0 aliphatic carbocycles. The van der Waals surface area contributed by atoms with E-state index in [1.165, 1.54) is 33.4 Å². The Morgan fingerprint density at radius 1 is 1.20 bits per heavy atom. The summed E-state index contributed by atoms with van der Waals surface area (Å²) in [5, 5.41) is 3.54. The van der Waals surface area contributed by atoms with Gasteiger partial charge in [0, 0.05) is 26.6 Å². The second-order valence-corrected chi connectivity index (χ2v) is 7.20. The number of fused-ring (bicyclic) bond motifs is 1. The lowest BCUT2D eigenvalue weighted by atomic mass is 10.3. The number of amides is 1. The quantitative estimate of drug-likeness (QED) is 0.722. The van der Waals surface area contributed by atoms with Crippen molar-refractivity contribution < 1.29 is 17.7 Å². The van der Waals surface area contributed by atoms with E-state index in [0.717, 1.165) is 0 Å². The Hall–Kier alpha value is -2.88. The standard InChI is InChI=1S/C15H16N4O5S/c1-4-9-7-11(16-24-9)14(20)17-25(22,23)10-5-6-12-13(8-10)19(3)15(21)18(12)2/h5-8H,4H2,1-3H3,(H,17,20). The molecule has 9 nitrogen and oxygen atoms in total. The van der Waals surface area contributed by atoms with Gasteiger partial charge in [-0.1, -0.05) is 12.1 Å². The van der Waals surface area contributed by atoms with Crippen LogP contribution in [-0.4, -0.2) is 28.6 Å². The monoisotopic (exact) mass is 364 g/mol. The van der Waals surface area contributed by atoms with E-state index in [0.29, 0.717) is 23.2 Å². The summed E-state index contributed by atoms with van der Waals surface area (Å²) in [6.07, 6.45) is 0.533. The third-order valence-electron chi connectivity index (χ3n) is 3.92. The molecule has 0 bridgehead atoms. The average Bonchev–Trinajstić information content (AvgIpc) is 3.15. The van der Waals surface area contributed by atoms with Gasteiger partial charge in [-0.3, -0.25) is 13.9 Å². The van der Waals surface area contributed by atoms with Crippen LogP contribution in [0.3, 0.4) is 0 Å². The van der Waals surface area contributed by atoms with E-state index >= 15 is 0 Å². The topological polar surface area (TPSA) is 116 Å². The first-order valence-electron chi connectivity index (χ1n) is 7.43. The van der Waals surface area contributed by atoms with Gasteiger partial charge in [0.05, 0.1) is 15.9 Å². The molecule has 0 fully saturated rings. The zero-order chi connectivity index (χ0) is 18.4. The molecule has 2 aromatic heterocycles. The number of sulfonamides is 1. The molecule has 2 heterocycles. The van der Waals surface area contributed by atoms with E-state index in [4.69, 9.17) is 4.52 Å². The van der Waals surface area contributed by atoms with Crippen LogP contribution >= 0.6 is 0 Å². The van der Waals surface area contributed by atoms with Gasteiger partial charge in [0.2, 0.25) is 0 Å². The lowest BCUT2D eigenvalue weighted by molar-refractivity contribution is 0.0972. The summed E-state index contributed by atoms with van der Waals surface area (Å²) in [6, 6.07) is 5.57. The number of aryl methyl sites for hydroxylation is 3. The van der Waals surface area contributed by atoms with Crippen molar-refractivity contribution in [2.24, 2.45) is 14.1 Å². The molecule has 0 unspecified atom stereocenters.